The molecule has 3 heteroatoms. The molecule has 0 amide bonds. The van der Waals surface area contributed by atoms with Crippen molar-refractivity contribution in [1.82, 2.24) is 0 Å². The fourth-order valence-corrected chi connectivity index (χ4v) is 0.776. The molecule has 0 saturated carbocycles. The van der Waals surface area contributed by atoms with Crippen LogP contribution in [-0.2, 0) is 42.2 Å². The summed E-state index contributed by atoms with van der Waals surface area (Å²) >= 11 is 0. The van der Waals surface area contributed by atoms with Gasteiger partial charge in [0.25, 0.3) is 0 Å². The molecule has 0 atom stereocenters. The molecule has 1 saturated heterocycles. The average molecular weight is 229 g/mol. The van der Waals surface area contributed by atoms with Gasteiger partial charge in [-0.25, -0.2) is 19.1 Å². The molecule has 1 rings (SSSR count). The van der Waals surface area contributed by atoms with Crippen molar-refractivity contribution in [1.29, 1.82) is 0 Å². The van der Waals surface area contributed by atoms with E-state index in [9.17, 15) is 0 Å². The second-order valence-corrected chi connectivity index (χ2v) is 2.32. The fraction of sp³-hybridized carbons (Fsp3) is 0.500. The van der Waals surface area contributed by atoms with E-state index in [0.29, 0.717) is 13.2 Å². The molecule has 11 heavy (non-hydrogen) atoms. The standard InChI is InChI=1S/C8H12O2.Y/c1-7(2)3-4-8-9-5-6-10-8;/h1-6H2;/q-2;. The van der Waals surface area contributed by atoms with Gasteiger partial charge in [0.2, 0.25) is 0 Å². The molecule has 0 aromatic heterocycles. The Bertz CT molecular complexity index is 119. The second kappa shape index (κ2) is 6.18. The fourth-order valence-electron chi connectivity index (χ4n) is 0.776. The topological polar surface area (TPSA) is 18.5 Å². The number of hydrogen-bond donors (Lipinski definition) is 0. The van der Waals surface area contributed by atoms with Gasteiger partial charge in [-0.3, -0.25) is 0 Å². The third kappa shape index (κ3) is 4.97. The van der Waals surface area contributed by atoms with Gasteiger partial charge in [-0.1, -0.05) is 12.7 Å². The number of ether oxygens (including phenoxy) is 2. The first kappa shape index (κ1) is 11.6. The summed E-state index contributed by atoms with van der Waals surface area (Å²) in [5, 5.41) is 0. The monoisotopic (exact) mass is 229 g/mol. The van der Waals surface area contributed by atoms with Crippen LogP contribution in [0, 0.1) is 13.2 Å². The number of hydrogen-bond acceptors (Lipinski definition) is 2. The maximum atomic E-state index is 5.13. The summed E-state index contributed by atoms with van der Waals surface area (Å²) in [4.78, 5) is 0. The predicted molar refractivity (Wildman–Crippen MR) is 38.9 cm³/mol. The molecule has 1 radical (unpaired) electrons. The van der Waals surface area contributed by atoms with Crippen LogP contribution in [0.2, 0.25) is 0 Å². The van der Waals surface area contributed by atoms with Crippen molar-refractivity contribution in [3.8, 4) is 0 Å². The molecule has 0 aliphatic carbocycles. The largest absolute Gasteiger partial charge is 0.520 e. The molecule has 61 valence electrons. The van der Waals surface area contributed by atoms with E-state index in [1.165, 1.54) is 0 Å². The van der Waals surface area contributed by atoms with Crippen LogP contribution in [0.1, 0.15) is 12.8 Å². The van der Waals surface area contributed by atoms with Crippen LogP contribution < -0.4 is 0 Å². The van der Waals surface area contributed by atoms with E-state index in [0.717, 1.165) is 24.7 Å². The second-order valence-electron chi connectivity index (χ2n) is 2.32. The van der Waals surface area contributed by atoms with Crippen molar-refractivity contribution < 1.29 is 42.2 Å². The molecule has 2 nitrogen and oxygen atoms in total. The van der Waals surface area contributed by atoms with E-state index in [1.807, 2.05) is 0 Å². The van der Waals surface area contributed by atoms with Gasteiger partial charge < -0.3 is 9.47 Å². The molecular weight excluding hydrogens is 217 g/mol. The molecule has 0 unspecified atom stereocenters. The van der Waals surface area contributed by atoms with E-state index in [1.54, 1.807) is 0 Å². The van der Waals surface area contributed by atoms with E-state index in [-0.39, 0.29) is 32.7 Å². The predicted octanol–water partition coefficient (Wildman–Crippen LogP) is 1.69. The molecular formula is C8H12O2Y-2. The SMILES string of the molecule is C=C([CH2-])CC[C-]1OCCO1.[Y]. The molecule has 0 aromatic carbocycles. The molecule has 0 N–H and O–H groups in total. The summed E-state index contributed by atoms with van der Waals surface area (Å²) in [7, 11) is 0. The molecule has 1 aliphatic rings. The number of rotatable bonds is 3. The Balaban J connectivity index is 0.000001000. The minimum absolute atomic E-state index is 0. The average Bonchev–Trinajstić information content (AvgIpc) is 2.34. The minimum atomic E-state index is 0. The Kier molecular flexibility index (Phi) is 6.54. The van der Waals surface area contributed by atoms with Gasteiger partial charge in [-0.05, 0) is 0 Å². The molecule has 1 fully saturated rings. The van der Waals surface area contributed by atoms with Crippen molar-refractivity contribution in [2.24, 2.45) is 0 Å². The summed E-state index contributed by atoms with van der Waals surface area (Å²) in [5.41, 5.74) is 0.923. The van der Waals surface area contributed by atoms with Gasteiger partial charge in [0.1, 0.15) is 0 Å². The van der Waals surface area contributed by atoms with Crippen molar-refractivity contribution in [2.45, 2.75) is 12.8 Å². The molecule has 0 bridgehead atoms. The van der Waals surface area contributed by atoms with Crippen molar-refractivity contribution in [3.05, 3.63) is 25.4 Å². The summed E-state index contributed by atoms with van der Waals surface area (Å²) in [6.45, 7) is 8.75. The quantitative estimate of drug-likeness (QED) is 0.685. The first-order valence-electron chi connectivity index (χ1n) is 3.40. The molecule has 0 spiro atoms. The van der Waals surface area contributed by atoms with Gasteiger partial charge >= 0.3 is 0 Å². The van der Waals surface area contributed by atoms with Crippen LogP contribution in [0.15, 0.2) is 12.2 Å². The van der Waals surface area contributed by atoms with Crippen molar-refractivity contribution >= 4 is 0 Å². The maximum Gasteiger partial charge on any atom is 0.0346 e. The van der Waals surface area contributed by atoms with Gasteiger partial charge in [-0.15, -0.1) is 6.42 Å². The summed E-state index contributed by atoms with van der Waals surface area (Å²) < 4.78 is 10.3. The van der Waals surface area contributed by atoms with E-state index >= 15 is 0 Å². The smallest absolute Gasteiger partial charge is 0.0346 e. The zero-order valence-electron chi connectivity index (χ0n) is 6.64. The van der Waals surface area contributed by atoms with E-state index in [2.05, 4.69) is 13.5 Å². The van der Waals surface area contributed by atoms with Crippen LogP contribution in [0.5, 0.6) is 0 Å². The Morgan fingerprint density at radius 3 is 2.45 bits per heavy atom. The summed E-state index contributed by atoms with van der Waals surface area (Å²) in [6, 6.07) is 0. The Hall–Kier alpha value is 0.634. The first-order chi connectivity index (χ1) is 4.79. The summed E-state index contributed by atoms with van der Waals surface area (Å²) in [6.07, 6.45) is 2.40. The molecule has 1 aliphatic heterocycles. The van der Waals surface area contributed by atoms with Crippen LogP contribution in [0.4, 0.5) is 0 Å². The van der Waals surface area contributed by atoms with E-state index in [4.69, 9.17) is 9.47 Å². The molecule has 1 heterocycles. The van der Waals surface area contributed by atoms with Gasteiger partial charge in [0, 0.05) is 45.9 Å². The van der Waals surface area contributed by atoms with Gasteiger partial charge in [0.15, 0.2) is 0 Å². The van der Waals surface area contributed by atoms with Crippen LogP contribution >= 0.6 is 0 Å². The van der Waals surface area contributed by atoms with Crippen LogP contribution in [0.3, 0.4) is 0 Å². The van der Waals surface area contributed by atoms with Crippen molar-refractivity contribution in [2.75, 3.05) is 13.2 Å². The third-order valence-electron chi connectivity index (χ3n) is 1.29. The summed E-state index contributed by atoms with van der Waals surface area (Å²) in [5.74, 6) is 0. The normalized spacial score (nSPS) is 17.8. The third-order valence-corrected chi connectivity index (χ3v) is 1.29. The Morgan fingerprint density at radius 2 is 2.00 bits per heavy atom. The minimum Gasteiger partial charge on any atom is -0.520 e. The molecule has 0 aromatic rings. The number of allylic oxidation sites excluding steroid dienone is 1. The maximum absolute atomic E-state index is 5.13. The Morgan fingerprint density at radius 1 is 1.45 bits per heavy atom. The first-order valence-corrected chi connectivity index (χ1v) is 3.40. The zero-order chi connectivity index (χ0) is 7.40. The van der Waals surface area contributed by atoms with Crippen LogP contribution in [0.25, 0.3) is 0 Å². The van der Waals surface area contributed by atoms with Gasteiger partial charge in [0.05, 0.1) is 0 Å². The van der Waals surface area contributed by atoms with Gasteiger partial charge in [-0.2, -0.15) is 0 Å². The Labute approximate surface area is 93.2 Å². The van der Waals surface area contributed by atoms with E-state index < -0.39 is 0 Å². The van der Waals surface area contributed by atoms with Crippen molar-refractivity contribution in [3.63, 3.8) is 0 Å². The zero-order valence-corrected chi connectivity index (χ0v) is 9.47. The van der Waals surface area contributed by atoms with Crippen LogP contribution in [-0.4, -0.2) is 13.2 Å².